The standard InChI is InChI=1S/C16H20FN5O2/c17-12-1-3-13(4-2-12)21(7-5-14(18)23)11-16-20-19-15-6-9-24-10-8-22(15)16/h1-4H,5-11H2,(H2,18,23). The van der Waals surface area contributed by atoms with Crippen LogP contribution in [0.3, 0.4) is 0 Å². The first-order valence-corrected chi connectivity index (χ1v) is 7.91. The maximum atomic E-state index is 13.2. The quantitative estimate of drug-likeness (QED) is 0.848. The summed E-state index contributed by atoms with van der Waals surface area (Å²) in [7, 11) is 0. The maximum Gasteiger partial charge on any atom is 0.219 e. The number of ether oxygens (including phenoxy) is 1. The van der Waals surface area contributed by atoms with Crippen LogP contribution in [-0.4, -0.2) is 40.4 Å². The van der Waals surface area contributed by atoms with Gasteiger partial charge < -0.3 is 19.9 Å². The van der Waals surface area contributed by atoms with Crippen LogP contribution in [0.4, 0.5) is 10.1 Å². The Kier molecular flexibility index (Phi) is 5.05. The van der Waals surface area contributed by atoms with E-state index in [1.807, 2.05) is 9.47 Å². The molecule has 0 spiro atoms. The lowest BCUT2D eigenvalue weighted by molar-refractivity contribution is -0.117. The fourth-order valence-corrected chi connectivity index (χ4v) is 2.72. The number of carbonyl (C=O) groups is 1. The van der Waals surface area contributed by atoms with Gasteiger partial charge in [0.2, 0.25) is 5.91 Å². The Bertz CT molecular complexity index is 701. The Labute approximate surface area is 139 Å². The van der Waals surface area contributed by atoms with E-state index in [1.54, 1.807) is 12.1 Å². The number of rotatable bonds is 6. The van der Waals surface area contributed by atoms with Crippen LogP contribution in [0.1, 0.15) is 18.1 Å². The van der Waals surface area contributed by atoms with Crippen LogP contribution < -0.4 is 10.6 Å². The Balaban J connectivity index is 1.82. The molecule has 0 bridgehead atoms. The van der Waals surface area contributed by atoms with Crippen molar-refractivity contribution >= 4 is 11.6 Å². The normalized spacial score (nSPS) is 14.0. The molecule has 24 heavy (non-hydrogen) atoms. The highest BCUT2D eigenvalue weighted by Gasteiger charge is 2.18. The number of anilines is 1. The average molecular weight is 333 g/mol. The summed E-state index contributed by atoms with van der Waals surface area (Å²) in [6.07, 6.45) is 0.937. The monoisotopic (exact) mass is 333 g/mol. The van der Waals surface area contributed by atoms with E-state index in [9.17, 15) is 9.18 Å². The van der Waals surface area contributed by atoms with Crippen LogP contribution >= 0.6 is 0 Å². The van der Waals surface area contributed by atoms with Crippen molar-refractivity contribution in [3.8, 4) is 0 Å². The second-order valence-corrected chi connectivity index (χ2v) is 5.66. The number of amides is 1. The first-order chi connectivity index (χ1) is 11.6. The molecule has 0 radical (unpaired) electrons. The van der Waals surface area contributed by atoms with Crippen LogP contribution in [0.2, 0.25) is 0 Å². The zero-order valence-electron chi connectivity index (χ0n) is 13.3. The molecule has 1 aromatic heterocycles. The summed E-state index contributed by atoms with van der Waals surface area (Å²) in [6, 6.07) is 6.15. The maximum absolute atomic E-state index is 13.2. The van der Waals surface area contributed by atoms with Crippen LogP contribution in [-0.2, 0) is 29.0 Å². The van der Waals surface area contributed by atoms with Gasteiger partial charge in [0, 0.05) is 31.6 Å². The summed E-state index contributed by atoms with van der Waals surface area (Å²) in [5.74, 6) is 1.01. The number of halogens is 1. The van der Waals surface area contributed by atoms with Crippen LogP contribution in [0.5, 0.6) is 0 Å². The van der Waals surface area contributed by atoms with Crippen molar-refractivity contribution in [2.24, 2.45) is 5.73 Å². The van der Waals surface area contributed by atoms with Gasteiger partial charge in [-0.25, -0.2) is 4.39 Å². The zero-order valence-corrected chi connectivity index (χ0v) is 13.3. The van der Waals surface area contributed by atoms with E-state index in [0.29, 0.717) is 32.8 Å². The number of primary amides is 1. The number of hydrogen-bond acceptors (Lipinski definition) is 5. The lowest BCUT2D eigenvalue weighted by Gasteiger charge is -2.24. The molecule has 0 unspecified atom stereocenters. The van der Waals surface area contributed by atoms with Crippen molar-refractivity contribution in [2.45, 2.75) is 25.9 Å². The van der Waals surface area contributed by atoms with Crippen LogP contribution in [0.15, 0.2) is 24.3 Å². The molecule has 1 amide bonds. The van der Waals surface area contributed by atoms with Crippen LogP contribution in [0.25, 0.3) is 0 Å². The molecule has 7 nitrogen and oxygen atoms in total. The third kappa shape index (κ3) is 3.88. The molecular formula is C16H20FN5O2. The van der Waals surface area contributed by atoms with Gasteiger partial charge in [-0.2, -0.15) is 0 Å². The highest BCUT2D eigenvalue weighted by Crippen LogP contribution is 2.19. The molecule has 0 fully saturated rings. The van der Waals surface area contributed by atoms with E-state index in [1.165, 1.54) is 12.1 Å². The van der Waals surface area contributed by atoms with Gasteiger partial charge in [-0.05, 0) is 24.3 Å². The predicted molar refractivity (Wildman–Crippen MR) is 85.8 cm³/mol. The molecular weight excluding hydrogens is 313 g/mol. The molecule has 2 aromatic rings. The number of nitrogens with zero attached hydrogens (tertiary/aromatic N) is 4. The minimum absolute atomic E-state index is 0.210. The summed E-state index contributed by atoms with van der Waals surface area (Å²) in [4.78, 5) is 13.1. The highest BCUT2D eigenvalue weighted by atomic mass is 19.1. The minimum Gasteiger partial charge on any atom is -0.379 e. The Morgan fingerprint density at radius 2 is 2.08 bits per heavy atom. The second-order valence-electron chi connectivity index (χ2n) is 5.66. The van der Waals surface area contributed by atoms with Gasteiger partial charge in [-0.1, -0.05) is 0 Å². The average Bonchev–Trinajstić information content (AvgIpc) is 2.79. The Morgan fingerprint density at radius 1 is 1.29 bits per heavy atom. The molecule has 1 aliphatic heterocycles. The largest absolute Gasteiger partial charge is 0.379 e. The number of carbonyl (C=O) groups excluding carboxylic acids is 1. The molecule has 1 aromatic carbocycles. The minimum atomic E-state index is -0.379. The molecule has 0 saturated carbocycles. The molecule has 2 heterocycles. The second kappa shape index (κ2) is 7.39. The van der Waals surface area contributed by atoms with Crippen molar-refractivity contribution in [1.82, 2.24) is 14.8 Å². The van der Waals surface area contributed by atoms with Crippen molar-refractivity contribution in [1.29, 1.82) is 0 Å². The highest BCUT2D eigenvalue weighted by molar-refractivity contribution is 5.74. The number of fused-ring (bicyclic) bond motifs is 1. The molecule has 0 saturated heterocycles. The Morgan fingerprint density at radius 3 is 2.83 bits per heavy atom. The number of benzene rings is 1. The van der Waals surface area contributed by atoms with E-state index in [-0.39, 0.29) is 18.1 Å². The molecule has 1 aliphatic rings. The lowest BCUT2D eigenvalue weighted by atomic mass is 10.2. The third-order valence-electron chi connectivity index (χ3n) is 3.99. The lowest BCUT2D eigenvalue weighted by Crippen LogP contribution is -2.29. The molecule has 3 rings (SSSR count). The number of aromatic nitrogens is 3. The number of nitrogens with two attached hydrogens (primary N) is 1. The summed E-state index contributed by atoms with van der Waals surface area (Å²) in [5, 5.41) is 8.50. The van der Waals surface area contributed by atoms with Gasteiger partial charge in [-0.15, -0.1) is 10.2 Å². The van der Waals surface area contributed by atoms with Gasteiger partial charge in [0.1, 0.15) is 11.6 Å². The predicted octanol–water partition coefficient (Wildman–Crippen LogP) is 0.872. The summed E-state index contributed by atoms with van der Waals surface area (Å²) < 4.78 is 20.7. The zero-order chi connectivity index (χ0) is 16.9. The number of hydrogen-bond donors (Lipinski definition) is 1. The first kappa shape index (κ1) is 16.4. The van der Waals surface area contributed by atoms with Crippen molar-refractivity contribution in [3.05, 3.63) is 41.7 Å². The van der Waals surface area contributed by atoms with E-state index in [0.717, 1.165) is 23.8 Å². The van der Waals surface area contributed by atoms with Gasteiger partial charge >= 0.3 is 0 Å². The summed E-state index contributed by atoms with van der Waals surface area (Å²) in [6.45, 7) is 2.85. The van der Waals surface area contributed by atoms with Crippen molar-refractivity contribution in [2.75, 3.05) is 24.7 Å². The van der Waals surface area contributed by atoms with Gasteiger partial charge in [0.05, 0.1) is 19.8 Å². The topological polar surface area (TPSA) is 86.3 Å². The molecule has 0 atom stereocenters. The summed E-state index contributed by atoms with van der Waals surface area (Å²) in [5.41, 5.74) is 6.08. The molecule has 0 aliphatic carbocycles. The third-order valence-corrected chi connectivity index (χ3v) is 3.99. The van der Waals surface area contributed by atoms with E-state index in [4.69, 9.17) is 10.5 Å². The van der Waals surface area contributed by atoms with Gasteiger partial charge in [0.25, 0.3) is 0 Å². The van der Waals surface area contributed by atoms with Crippen LogP contribution in [0, 0.1) is 5.82 Å². The Hall–Kier alpha value is -2.48. The van der Waals surface area contributed by atoms with Gasteiger partial charge in [0.15, 0.2) is 5.82 Å². The van der Waals surface area contributed by atoms with Gasteiger partial charge in [-0.3, -0.25) is 4.79 Å². The van der Waals surface area contributed by atoms with Crippen molar-refractivity contribution < 1.29 is 13.9 Å². The smallest absolute Gasteiger partial charge is 0.219 e. The fraction of sp³-hybridized carbons (Fsp3) is 0.438. The SMILES string of the molecule is NC(=O)CCN(Cc1nnc2n1CCOCC2)c1ccc(F)cc1. The summed E-state index contributed by atoms with van der Waals surface area (Å²) >= 11 is 0. The molecule has 8 heteroatoms. The van der Waals surface area contributed by atoms with E-state index in [2.05, 4.69) is 10.2 Å². The fourth-order valence-electron chi connectivity index (χ4n) is 2.72. The van der Waals surface area contributed by atoms with Crippen molar-refractivity contribution in [3.63, 3.8) is 0 Å². The van der Waals surface area contributed by atoms with E-state index >= 15 is 0 Å². The molecule has 128 valence electrons. The molecule has 2 N–H and O–H groups in total. The first-order valence-electron chi connectivity index (χ1n) is 7.91. The van der Waals surface area contributed by atoms with E-state index < -0.39 is 0 Å².